The molecule has 3 unspecified atom stereocenters. The summed E-state index contributed by atoms with van der Waals surface area (Å²) in [6.45, 7) is 3.44. The summed E-state index contributed by atoms with van der Waals surface area (Å²) in [6.07, 6.45) is 13.7. The first kappa shape index (κ1) is 18.8. The molecule has 2 fully saturated rings. The number of hydrogen-bond donors (Lipinski definition) is 0. The number of rotatable bonds is 7. The van der Waals surface area contributed by atoms with Crippen molar-refractivity contribution in [2.24, 2.45) is 5.92 Å². The van der Waals surface area contributed by atoms with Crippen molar-refractivity contribution >= 4 is 17.7 Å². The third-order valence-corrected chi connectivity index (χ3v) is 6.63. The third kappa shape index (κ3) is 4.62. The molecule has 3 rings (SSSR count). The van der Waals surface area contributed by atoms with Gasteiger partial charge >= 0.3 is 0 Å². The number of aromatic nitrogens is 1. The molecule has 4 nitrogen and oxygen atoms in total. The number of amides is 1. The topological polar surface area (TPSA) is 28.5 Å². The van der Waals surface area contributed by atoms with Crippen molar-refractivity contribution < 1.29 is 4.79 Å². The minimum atomic E-state index is -0.0569. The van der Waals surface area contributed by atoms with Gasteiger partial charge in [-0.05, 0) is 75.3 Å². The third-order valence-electron chi connectivity index (χ3n) is 5.98. The van der Waals surface area contributed by atoms with Gasteiger partial charge in [0.2, 0.25) is 5.91 Å². The highest BCUT2D eigenvalue weighted by atomic mass is 32.2. The molecule has 1 aromatic heterocycles. The van der Waals surface area contributed by atoms with E-state index in [1.165, 1.54) is 45.2 Å². The lowest BCUT2D eigenvalue weighted by molar-refractivity contribution is -0.134. The van der Waals surface area contributed by atoms with Crippen molar-refractivity contribution in [2.45, 2.75) is 50.6 Å². The van der Waals surface area contributed by atoms with Crippen LogP contribution in [0.2, 0.25) is 0 Å². The second kappa shape index (κ2) is 9.13. The van der Waals surface area contributed by atoms with E-state index in [-0.39, 0.29) is 11.9 Å². The maximum absolute atomic E-state index is 13.2. The lowest BCUT2D eigenvalue weighted by atomic mass is 9.83. The van der Waals surface area contributed by atoms with E-state index >= 15 is 0 Å². The Kier molecular flexibility index (Phi) is 6.88. The Labute approximate surface area is 156 Å². The van der Waals surface area contributed by atoms with Gasteiger partial charge in [-0.1, -0.05) is 6.42 Å². The van der Waals surface area contributed by atoms with Crippen LogP contribution in [0.3, 0.4) is 0 Å². The maximum Gasteiger partial charge on any atom is 0.245 e. The summed E-state index contributed by atoms with van der Waals surface area (Å²) in [4.78, 5) is 17.9. The number of carbonyl (C=O) groups is 1. The Balaban J connectivity index is 1.63. The first-order valence-electron chi connectivity index (χ1n) is 9.81. The van der Waals surface area contributed by atoms with E-state index < -0.39 is 0 Å². The summed E-state index contributed by atoms with van der Waals surface area (Å²) in [5.74, 6) is 1.94. The second-order valence-electron chi connectivity index (χ2n) is 7.65. The van der Waals surface area contributed by atoms with Gasteiger partial charge in [-0.2, -0.15) is 11.8 Å². The zero-order valence-electron chi connectivity index (χ0n) is 15.8. The summed E-state index contributed by atoms with van der Waals surface area (Å²) in [6, 6.07) is 4.67. The Morgan fingerprint density at radius 2 is 1.96 bits per heavy atom. The van der Waals surface area contributed by atoms with Crippen LogP contribution in [0.5, 0.6) is 0 Å². The quantitative estimate of drug-likeness (QED) is 0.742. The highest BCUT2D eigenvalue weighted by molar-refractivity contribution is 7.98. The average molecular weight is 364 g/mol. The van der Waals surface area contributed by atoms with Crippen LogP contribution >= 0.6 is 11.8 Å². The van der Waals surface area contributed by atoms with E-state index in [0.29, 0.717) is 12.0 Å². The summed E-state index contributed by atoms with van der Waals surface area (Å²) >= 11 is 1.82. The van der Waals surface area contributed by atoms with Gasteiger partial charge in [0.1, 0.15) is 6.04 Å². The maximum atomic E-state index is 13.2. The van der Waals surface area contributed by atoms with Crippen molar-refractivity contribution in [1.29, 1.82) is 0 Å². The fraction of sp³-hybridized carbons (Fsp3) is 0.750. The highest BCUT2D eigenvalue weighted by Crippen LogP contribution is 2.31. The number of piperidine rings is 2. The molecule has 0 N–H and O–H groups in total. The number of thioether (sulfide) groups is 1. The highest BCUT2D eigenvalue weighted by Gasteiger charge is 2.35. The van der Waals surface area contributed by atoms with Crippen LogP contribution in [0.4, 0.5) is 0 Å². The predicted octanol–water partition coefficient (Wildman–Crippen LogP) is 3.51. The molecule has 2 aliphatic rings. The minimum Gasteiger partial charge on any atom is -0.344 e. The van der Waals surface area contributed by atoms with E-state index in [2.05, 4.69) is 15.7 Å². The van der Waals surface area contributed by atoms with E-state index in [0.717, 1.165) is 18.7 Å². The molecule has 1 aromatic rings. The molecular weight excluding hydrogens is 330 g/mol. The number of nitrogens with zero attached hydrogens (tertiary/aromatic N) is 3. The number of carbonyl (C=O) groups excluding carboxylic acids is 1. The Morgan fingerprint density at radius 3 is 2.72 bits per heavy atom. The van der Waals surface area contributed by atoms with Crippen molar-refractivity contribution in [3.05, 3.63) is 24.5 Å². The van der Waals surface area contributed by atoms with Gasteiger partial charge in [0.15, 0.2) is 0 Å². The fourth-order valence-electron chi connectivity index (χ4n) is 4.67. The first-order valence-corrected chi connectivity index (χ1v) is 11.2. The average Bonchev–Trinajstić information content (AvgIpc) is 3.16. The normalized spacial score (nSPS) is 25.4. The van der Waals surface area contributed by atoms with Gasteiger partial charge in [-0.3, -0.25) is 4.79 Å². The summed E-state index contributed by atoms with van der Waals surface area (Å²) in [7, 11) is 2.01. The lowest BCUT2D eigenvalue weighted by Crippen LogP contribution is -2.51. The van der Waals surface area contributed by atoms with Gasteiger partial charge in [-0.15, -0.1) is 0 Å². The van der Waals surface area contributed by atoms with Crippen LogP contribution in [-0.2, 0) is 4.79 Å². The van der Waals surface area contributed by atoms with Gasteiger partial charge in [0.25, 0.3) is 0 Å². The molecule has 0 bridgehead atoms. The minimum absolute atomic E-state index is 0.0569. The predicted molar refractivity (Wildman–Crippen MR) is 106 cm³/mol. The summed E-state index contributed by atoms with van der Waals surface area (Å²) in [5.41, 5.74) is 0. The fourth-order valence-corrected chi connectivity index (χ4v) is 5.13. The molecule has 1 amide bonds. The van der Waals surface area contributed by atoms with Gasteiger partial charge in [0, 0.05) is 32.0 Å². The number of likely N-dealkylation sites (N-methyl/N-ethyl adjacent to an activating group) is 1. The van der Waals surface area contributed by atoms with Gasteiger partial charge in [0.05, 0.1) is 0 Å². The molecule has 2 saturated heterocycles. The lowest BCUT2D eigenvalue weighted by Gasteiger charge is -2.45. The standard InChI is InChI=1S/C20H33N3OS/c1-21(16-17-8-7-14-22-11-4-3-9-18(17)22)20(24)19(10-15-25-2)23-12-5-6-13-23/h5-6,12-13,17-19H,3-4,7-11,14-16H2,1-2H3. The monoisotopic (exact) mass is 363 g/mol. The van der Waals surface area contributed by atoms with Crippen LogP contribution in [0.1, 0.15) is 44.6 Å². The summed E-state index contributed by atoms with van der Waals surface area (Å²) in [5, 5.41) is 0. The van der Waals surface area contributed by atoms with Crippen LogP contribution in [-0.4, -0.2) is 65.0 Å². The summed E-state index contributed by atoms with van der Waals surface area (Å²) < 4.78 is 2.09. The van der Waals surface area contributed by atoms with Crippen molar-refractivity contribution in [1.82, 2.24) is 14.4 Å². The zero-order valence-corrected chi connectivity index (χ0v) is 16.6. The van der Waals surface area contributed by atoms with Crippen LogP contribution in [0.25, 0.3) is 0 Å². The molecular formula is C20H33N3OS. The van der Waals surface area contributed by atoms with E-state index in [9.17, 15) is 4.79 Å². The Morgan fingerprint density at radius 1 is 1.20 bits per heavy atom. The van der Waals surface area contributed by atoms with E-state index in [4.69, 9.17) is 0 Å². The Hall–Kier alpha value is -0.940. The molecule has 25 heavy (non-hydrogen) atoms. The number of hydrogen-bond acceptors (Lipinski definition) is 3. The van der Waals surface area contributed by atoms with Crippen molar-refractivity contribution in [3.8, 4) is 0 Å². The SMILES string of the molecule is CSCCC(C(=O)N(C)CC1CCCN2CCCCC12)n1cccc1. The molecule has 0 radical (unpaired) electrons. The molecule has 0 aromatic carbocycles. The molecule has 2 aliphatic heterocycles. The molecule has 140 valence electrons. The van der Waals surface area contributed by atoms with Crippen LogP contribution in [0, 0.1) is 5.92 Å². The largest absolute Gasteiger partial charge is 0.344 e. The number of fused-ring (bicyclic) bond motifs is 1. The zero-order chi connectivity index (χ0) is 17.6. The Bertz CT molecular complexity index is 531. The molecule has 3 atom stereocenters. The smallest absolute Gasteiger partial charge is 0.245 e. The van der Waals surface area contributed by atoms with E-state index in [1.807, 2.05) is 48.2 Å². The van der Waals surface area contributed by atoms with Crippen molar-refractivity contribution in [3.63, 3.8) is 0 Å². The second-order valence-corrected chi connectivity index (χ2v) is 8.63. The van der Waals surface area contributed by atoms with E-state index in [1.54, 1.807) is 0 Å². The van der Waals surface area contributed by atoms with Gasteiger partial charge < -0.3 is 14.4 Å². The van der Waals surface area contributed by atoms with Crippen molar-refractivity contribution in [2.75, 3.05) is 38.7 Å². The van der Waals surface area contributed by atoms with Crippen LogP contribution < -0.4 is 0 Å². The van der Waals surface area contributed by atoms with Gasteiger partial charge in [-0.25, -0.2) is 0 Å². The molecule has 3 heterocycles. The molecule has 0 aliphatic carbocycles. The van der Waals surface area contributed by atoms with Crippen LogP contribution in [0.15, 0.2) is 24.5 Å². The first-order chi connectivity index (χ1) is 12.2. The molecule has 5 heteroatoms. The molecule has 0 spiro atoms. The molecule has 0 saturated carbocycles.